The maximum atomic E-state index is 12.2. The first kappa shape index (κ1) is 13.6. The molecule has 3 nitrogen and oxygen atoms in total. The summed E-state index contributed by atoms with van der Waals surface area (Å²) in [5.41, 5.74) is 8.06. The molecule has 0 aliphatic rings. The Morgan fingerprint density at radius 2 is 2.06 bits per heavy atom. The van der Waals surface area contributed by atoms with Crippen LogP contribution in [0.25, 0.3) is 0 Å². The molecule has 3 heteroatoms. The van der Waals surface area contributed by atoms with Crippen LogP contribution in [0.15, 0.2) is 18.2 Å². The van der Waals surface area contributed by atoms with E-state index in [1.165, 1.54) is 0 Å². The van der Waals surface area contributed by atoms with Gasteiger partial charge < -0.3 is 10.6 Å². The summed E-state index contributed by atoms with van der Waals surface area (Å²) < 4.78 is 0. The zero-order valence-electron chi connectivity index (χ0n) is 11.2. The van der Waals surface area contributed by atoms with Gasteiger partial charge in [-0.05, 0) is 37.0 Å². The third-order valence-electron chi connectivity index (χ3n) is 2.99. The van der Waals surface area contributed by atoms with Crippen LogP contribution >= 0.6 is 0 Å². The number of amides is 1. The summed E-state index contributed by atoms with van der Waals surface area (Å²) in [7, 11) is 1.84. The van der Waals surface area contributed by atoms with Crippen LogP contribution in [0.2, 0.25) is 0 Å². The first-order chi connectivity index (χ1) is 7.93. The predicted molar refractivity (Wildman–Crippen MR) is 72.0 cm³/mol. The van der Waals surface area contributed by atoms with Crippen LogP contribution in [-0.2, 0) is 0 Å². The Bertz CT molecular complexity index is 399. The average molecular weight is 234 g/mol. The van der Waals surface area contributed by atoms with Crippen molar-refractivity contribution >= 4 is 11.6 Å². The quantitative estimate of drug-likeness (QED) is 0.814. The summed E-state index contributed by atoms with van der Waals surface area (Å²) in [5.74, 6) is 0.655. The van der Waals surface area contributed by atoms with E-state index in [2.05, 4.69) is 13.8 Å². The van der Waals surface area contributed by atoms with Crippen molar-refractivity contribution in [3.05, 3.63) is 29.3 Å². The second-order valence-electron chi connectivity index (χ2n) is 4.93. The largest absolute Gasteiger partial charge is 0.398 e. The molecule has 0 fully saturated rings. The zero-order chi connectivity index (χ0) is 13.0. The maximum Gasteiger partial charge on any atom is 0.253 e. The lowest BCUT2D eigenvalue weighted by atomic mass is 10.1. The monoisotopic (exact) mass is 234 g/mol. The van der Waals surface area contributed by atoms with Crippen LogP contribution in [-0.4, -0.2) is 24.4 Å². The van der Waals surface area contributed by atoms with Gasteiger partial charge in [0.25, 0.3) is 5.91 Å². The van der Waals surface area contributed by atoms with Crippen LogP contribution in [0, 0.1) is 12.8 Å². The third-order valence-corrected chi connectivity index (χ3v) is 2.99. The summed E-state index contributed by atoms with van der Waals surface area (Å²) in [6.45, 7) is 6.98. The average Bonchev–Trinajstić information content (AvgIpc) is 2.28. The number of nitrogens with zero attached hydrogens (tertiary/aromatic N) is 1. The number of rotatable bonds is 4. The number of carbonyl (C=O) groups is 1. The molecule has 1 aromatic rings. The van der Waals surface area contributed by atoms with Gasteiger partial charge in [-0.3, -0.25) is 4.79 Å². The van der Waals surface area contributed by atoms with Gasteiger partial charge >= 0.3 is 0 Å². The molecule has 0 bridgehead atoms. The number of nitrogen functional groups attached to an aromatic ring is 1. The standard InChI is InChI=1S/C14H22N2O/c1-10(2)8-9-16(4)14(17)12-6-5-7-13(15)11(12)3/h5-7,10H,8-9,15H2,1-4H3. The van der Waals surface area contributed by atoms with Gasteiger partial charge in [-0.25, -0.2) is 0 Å². The molecule has 2 N–H and O–H groups in total. The molecular weight excluding hydrogens is 212 g/mol. The Balaban J connectivity index is 2.78. The topological polar surface area (TPSA) is 46.3 Å². The number of anilines is 1. The lowest BCUT2D eigenvalue weighted by molar-refractivity contribution is 0.0788. The lowest BCUT2D eigenvalue weighted by Crippen LogP contribution is -2.29. The highest BCUT2D eigenvalue weighted by molar-refractivity contribution is 5.96. The summed E-state index contributed by atoms with van der Waals surface area (Å²) in [6, 6.07) is 5.48. The molecule has 0 aliphatic heterocycles. The van der Waals surface area contributed by atoms with Crippen molar-refractivity contribution in [2.75, 3.05) is 19.3 Å². The molecule has 1 amide bonds. The zero-order valence-corrected chi connectivity index (χ0v) is 11.2. The Hall–Kier alpha value is -1.51. The van der Waals surface area contributed by atoms with Crippen molar-refractivity contribution < 1.29 is 4.79 Å². The molecule has 0 saturated heterocycles. The molecule has 1 rings (SSSR count). The molecule has 0 heterocycles. The minimum Gasteiger partial charge on any atom is -0.398 e. The smallest absolute Gasteiger partial charge is 0.253 e. The van der Waals surface area contributed by atoms with Crippen LogP contribution in [0.4, 0.5) is 5.69 Å². The maximum absolute atomic E-state index is 12.2. The fourth-order valence-electron chi connectivity index (χ4n) is 1.64. The molecule has 0 aliphatic carbocycles. The molecule has 0 atom stereocenters. The molecule has 17 heavy (non-hydrogen) atoms. The van der Waals surface area contributed by atoms with Crippen molar-refractivity contribution in [3.63, 3.8) is 0 Å². The Labute approximate surface area is 104 Å². The number of nitrogens with two attached hydrogens (primary N) is 1. The van der Waals surface area contributed by atoms with E-state index in [4.69, 9.17) is 5.73 Å². The Kier molecular flexibility index (Phi) is 4.55. The summed E-state index contributed by atoms with van der Waals surface area (Å²) in [6.07, 6.45) is 1.02. The number of hydrogen-bond acceptors (Lipinski definition) is 2. The van der Waals surface area contributed by atoms with Gasteiger partial charge in [0, 0.05) is 24.8 Å². The van der Waals surface area contributed by atoms with Gasteiger partial charge in [0.15, 0.2) is 0 Å². The van der Waals surface area contributed by atoms with Gasteiger partial charge in [0.05, 0.1) is 0 Å². The molecule has 0 aromatic heterocycles. The van der Waals surface area contributed by atoms with E-state index in [0.29, 0.717) is 17.2 Å². The second kappa shape index (κ2) is 5.71. The third kappa shape index (κ3) is 3.48. The van der Waals surface area contributed by atoms with Crippen LogP contribution in [0.3, 0.4) is 0 Å². The Morgan fingerprint density at radius 3 is 2.65 bits per heavy atom. The predicted octanol–water partition coefficient (Wildman–Crippen LogP) is 2.70. The van der Waals surface area contributed by atoms with Crippen LogP contribution < -0.4 is 5.73 Å². The van der Waals surface area contributed by atoms with Gasteiger partial charge in [-0.15, -0.1) is 0 Å². The molecular formula is C14H22N2O. The highest BCUT2D eigenvalue weighted by Gasteiger charge is 2.14. The number of carbonyl (C=O) groups excluding carboxylic acids is 1. The van der Waals surface area contributed by atoms with E-state index in [0.717, 1.165) is 18.5 Å². The minimum atomic E-state index is 0.0513. The SMILES string of the molecule is Cc1c(N)cccc1C(=O)N(C)CCC(C)C. The normalized spacial score (nSPS) is 10.6. The van der Waals surface area contributed by atoms with E-state index in [9.17, 15) is 4.79 Å². The van der Waals surface area contributed by atoms with E-state index >= 15 is 0 Å². The van der Waals surface area contributed by atoms with Crippen molar-refractivity contribution in [3.8, 4) is 0 Å². The fourth-order valence-corrected chi connectivity index (χ4v) is 1.64. The molecule has 1 aromatic carbocycles. The van der Waals surface area contributed by atoms with Crippen LogP contribution in [0.1, 0.15) is 36.2 Å². The van der Waals surface area contributed by atoms with Crippen molar-refractivity contribution in [1.29, 1.82) is 0 Å². The summed E-state index contributed by atoms with van der Waals surface area (Å²) in [5, 5.41) is 0. The number of hydrogen-bond donors (Lipinski definition) is 1. The molecule has 0 spiro atoms. The first-order valence-corrected chi connectivity index (χ1v) is 6.04. The van der Waals surface area contributed by atoms with Gasteiger partial charge in [0.2, 0.25) is 0 Å². The Morgan fingerprint density at radius 1 is 1.41 bits per heavy atom. The molecule has 0 saturated carbocycles. The van der Waals surface area contributed by atoms with Gasteiger partial charge in [0.1, 0.15) is 0 Å². The summed E-state index contributed by atoms with van der Waals surface area (Å²) in [4.78, 5) is 14.0. The second-order valence-corrected chi connectivity index (χ2v) is 4.93. The fraction of sp³-hybridized carbons (Fsp3) is 0.500. The molecule has 94 valence electrons. The summed E-state index contributed by atoms with van der Waals surface area (Å²) >= 11 is 0. The van der Waals surface area contributed by atoms with Crippen LogP contribution in [0.5, 0.6) is 0 Å². The van der Waals surface area contributed by atoms with Gasteiger partial charge in [-0.1, -0.05) is 19.9 Å². The van der Waals surface area contributed by atoms with Crippen molar-refractivity contribution in [2.45, 2.75) is 27.2 Å². The lowest BCUT2D eigenvalue weighted by Gasteiger charge is -2.19. The van der Waals surface area contributed by atoms with Gasteiger partial charge in [-0.2, -0.15) is 0 Å². The van der Waals surface area contributed by atoms with E-state index in [1.54, 1.807) is 4.90 Å². The highest BCUT2D eigenvalue weighted by atomic mass is 16.2. The van der Waals surface area contributed by atoms with E-state index in [1.807, 2.05) is 32.2 Å². The van der Waals surface area contributed by atoms with E-state index in [-0.39, 0.29) is 5.91 Å². The number of benzene rings is 1. The van der Waals surface area contributed by atoms with Crippen molar-refractivity contribution in [1.82, 2.24) is 4.90 Å². The van der Waals surface area contributed by atoms with Crippen molar-refractivity contribution in [2.24, 2.45) is 5.92 Å². The van der Waals surface area contributed by atoms with E-state index < -0.39 is 0 Å². The first-order valence-electron chi connectivity index (χ1n) is 6.04. The minimum absolute atomic E-state index is 0.0513. The molecule has 0 radical (unpaired) electrons. The molecule has 0 unspecified atom stereocenters. The highest BCUT2D eigenvalue weighted by Crippen LogP contribution is 2.17.